The Bertz CT molecular complexity index is 993. The van der Waals surface area contributed by atoms with Gasteiger partial charge in [0.25, 0.3) is 11.8 Å². The molecule has 3 aromatic rings. The summed E-state index contributed by atoms with van der Waals surface area (Å²) in [6.45, 7) is 3.90. The van der Waals surface area contributed by atoms with E-state index in [1.807, 2.05) is 42.7 Å². The van der Waals surface area contributed by atoms with E-state index in [0.717, 1.165) is 17.1 Å². The highest BCUT2D eigenvalue weighted by molar-refractivity contribution is 7.99. The van der Waals surface area contributed by atoms with Gasteiger partial charge in [-0.25, -0.2) is 0 Å². The highest BCUT2D eigenvalue weighted by Crippen LogP contribution is 2.28. The third-order valence-electron chi connectivity index (χ3n) is 4.26. The summed E-state index contributed by atoms with van der Waals surface area (Å²) in [5.74, 6) is 0.407. The van der Waals surface area contributed by atoms with Crippen LogP contribution in [-0.2, 0) is 0 Å². The van der Waals surface area contributed by atoms with Crippen LogP contribution in [0.5, 0.6) is 0 Å². The van der Waals surface area contributed by atoms with Crippen LogP contribution in [0.15, 0.2) is 53.7 Å². The minimum Gasteiger partial charge on any atom is -0.274 e. The fraction of sp³-hybridized carbons (Fsp3) is 0.158. The van der Waals surface area contributed by atoms with Gasteiger partial charge in [-0.1, -0.05) is 36.0 Å². The van der Waals surface area contributed by atoms with Crippen LogP contribution >= 0.6 is 11.8 Å². The number of imide groups is 1. The average molecular weight is 364 g/mol. The molecule has 0 aliphatic carbocycles. The van der Waals surface area contributed by atoms with Crippen molar-refractivity contribution in [2.24, 2.45) is 0 Å². The van der Waals surface area contributed by atoms with Crippen LogP contribution in [0.1, 0.15) is 32.1 Å². The maximum atomic E-state index is 12.5. The molecule has 0 atom stereocenters. The standard InChI is InChI=1S/C19H16N4O2S/c1-12-6-5-7-14(10-12)23-13(2)20-21-19(23)26-11-22-17(24)15-8-3-4-9-16(15)18(22)25/h3-10H,11H2,1-2H3. The molecule has 6 nitrogen and oxygen atoms in total. The number of carbonyl (C=O) groups excluding carboxylic acids is 2. The zero-order valence-corrected chi connectivity index (χ0v) is 15.2. The molecule has 2 heterocycles. The van der Waals surface area contributed by atoms with Crippen LogP contribution in [0, 0.1) is 13.8 Å². The molecule has 1 aliphatic heterocycles. The van der Waals surface area contributed by atoms with Crippen LogP contribution in [-0.4, -0.2) is 37.4 Å². The summed E-state index contributed by atoms with van der Waals surface area (Å²) < 4.78 is 1.93. The van der Waals surface area contributed by atoms with E-state index < -0.39 is 0 Å². The van der Waals surface area contributed by atoms with E-state index >= 15 is 0 Å². The van der Waals surface area contributed by atoms with Gasteiger partial charge in [0.2, 0.25) is 0 Å². The quantitative estimate of drug-likeness (QED) is 0.525. The Labute approximate surface area is 154 Å². The van der Waals surface area contributed by atoms with Crippen molar-refractivity contribution in [3.8, 4) is 5.69 Å². The lowest BCUT2D eigenvalue weighted by Crippen LogP contribution is -2.29. The topological polar surface area (TPSA) is 68.1 Å². The first-order valence-electron chi connectivity index (χ1n) is 8.13. The molecular formula is C19H16N4O2S. The molecule has 1 aliphatic rings. The molecule has 7 heteroatoms. The van der Waals surface area contributed by atoms with Crippen molar-refractivity contribution in [1.29, 1.82) is 0 Å². The molecule has 0 N–H and O–H groups in total. The Hall–Kier alpha value is -2.93. The summed E-state index contributed by atoms with van der Waals surface area (Å²) in [6.07, 6.45) is 0. The Morgan fingerprint density at radius 1 is 0.923 bits per heavy atom. The van der Waals surface area contributed by atoms with Gasteiger partial charge in [0.1, 0.15) is 5.82 Å². The number of carbonyl (C=O) groups is 2. The first-order valence-corrected chi connectivity index (χ1v) is 9.12. The molecule has 1 aromatic heterocycles. The van der Waals surface area contributed by atoms with Crippen molar-refractivity contribution in [3.05, 3.63) is 71.0 Å². The van der Waals surface area contributed by atoms with E-state index in [0.29, 0.717) is 16.3 Å². The number of nitrogens with zero attached hydrogens (tertiary/aromatic N) is 4. The van der Waals surface area contributed by atoms with Crippen molar-refractivity contribution in [3.63, 3.8) is 0 Å². The fourth-order valence-corrected chi connectivity index (χ4v) is 3.92. The number of aryl methyl sites for hydroxylation is 2. The van der Waals surface area contributed by atoms with E-state index in [1.54, 1.807) is 24.3 Å². The van der Waals surface area contributed by atoms with E-state index in [-0.39, 0.29) is 17.7 Å². The molecule has 0 saturated carbocycles. The molecule has 0 radical (unpaired) electrons. The van der Waals surface area contributed by atoms with E-state index in [1.165, 1.54) is 16.7 Å². The van der Waals surface area contributed by atoms with Crippen molar-refractivity contribution in [1.82, 2.24) is 19.7 Å². The highest BCUT2D eigenvalue weighted by atomic mass is 32.2. The molecule has 0 saturated heterocycles. The predicted molar refractivity (Wildman–Crippen MR) is 98.5 cm³/mol. The largest absolute Gasteiger partial charge is 0.274 e. The van der Waals surface area contributed by atoms with Gasteiger partial charge in [-0.3, -0.25) is 19.1 Å². The van der Waals surface area contributed by atoms with Crippen molar-refractivity contribution in [2.75, 3.05) is 5.88 Å². The molecule has 2 aromatic carbocycles. The summed E-state index contributed by atoms with van der Waals surface area (Å²) in [7, 11) is 0. The summed E-state index contributed by atoms with van der Waals surface area (Å²) in [4.78, 5) is 26.2. The molecule has 0 fully saturated rings. The lowest BCUT2D eigenvalue weighted by Gasteiger charge is -2.14. The number of hydrogen-bond acceptors (Lipinski definition) is 5. The number of rotatable bonds is 4. The second kappa shape index (κ2) is 6.42. The van der Waals surface area contributed by atoms with Gasteiger partial charge in [-0.15, -0.1) is 10.2 Å². The maximum absolute atomic E-state index is 12.5. The summed E-state index contributed by atoms with van der Waals surface area (Å²) in [5.41, 5.74) is 2.99. The third-order valence-corrected chi connectivity index (χ3v) is 5.17. The smallest absolute Gasteiger partial charge is 0.262 e. The monoisotopic (exact) mass is 364 g/mol. The third kappa shape index (κ3) is 2.70. The number of amides is 2. The molecule has 4 rings (SSSR count). The van der Waals surface area contributed by atoms with Crippen molar-refractivity contribution >= 4 is 23.6 Å². The van der Waals surface area contributed by atoms with Crippen LogP contribution in [0.3, 0.4) is 0 Å². The molecule has 0 spiro atoms. The molecule has 0 bridgehead atoms. The number of hydrogen-bond donors (Lipinski definition) is 0. The zero-order valence-electron chi connectivity index (χ0n) is 14.3. The fourth-order valence-electron chi connectivity index (χ4n) is 2.98. The zero-order chi connectivity index (χ0) is 18.3. The van der Waals surface area contributed by atoms with Crippen LogP contribution in [0.2, 0.25) is 0 Å². The molecule has 2 amide bonds. The van der Waals surface area contributed by atoms with Crippen LogP contribution < -0.4 is 0 Å². The minimum absolute atomic E-state index is 0.191. The number of thioether (sulfide) groups is 1. The lowest BCUT2D eigenvalue weighted by molar-refractivity contribution is 0.0684. The molecule has 130 valence electrons. The normalized spacial score (nSPS) is 13.4. The van der Waals surface area contributed by atoms with E-state index in [9.17, 15) is 9.59 Å². The Kier molecular flexibility index (Phi) is 4.08. The second-order valence-electron chi connectivity index (χ2n) is 6.06. The Morgan fingerprint density at radius 2 is 1.62 bits per heavy atom. The Balaban J connectivity index is 1.59. The van der Waals surface area contributed by atoms with E-state index in [4.69, 9.17) is 0 Å². The number of aromatic nitrogens is 3. The first kappa shape index (κ1) is 16.5. The number of fused-ring (bicyclic) bond motifs is 1. The predicted octanol–water partition coefficient (Wildman–Crippen LogP) is 3.23. The first-order chi connectivity index (χ1) is 12.6. The Morgan fingerprint density at radius 3 is 2.27 bits per heavy atom. The molecular weight excluding hydrogens is 348 g/mol. The van der Waals surface area contributed by atoms with Gasteiger partial charge in [0.15, 0.2) is 5.16 Å². The second-order valence-corrected chi connectivity index (χ2v) is 6.97. The van der Waals surface area contributed by atoms with Gasteiger partial charge in [-0.05, 0) is 43.7 Å². The van der Waals surface area contributed by atoms with E-state index in [2.05, 4.69) is 10.2 Å². The van der Waals surface area contributed by atoms with Gasteiger partial charge in [-0.2, -0.15) is 0 Å². The summed E-state index contributed by atoms with van der Waals surface area (Å²) in [5, 5.41) is 9.00. The number of benzene rings is 2. The summed E-state index contributed by atoms with van der Waals surface area (Å²) >= 11 is 1.32. The van der Waals surface area contributed by atoms with Crippen LogP contribution in [0.25, 0.3) is 5.69 Å². The van der Waals surface area contributed by atoms with Gasteiger partial charge in [0, 0.05) is 5.69 Å². The lowest BCUT2D eigenvalue weighted by atomic mass is 10.1. The highest BCUT2D eigenvalue weighted by Gasteiger charge is 2.35. The average Bonchev–Trinajstić information content (AvgIpc) is 3.12. The van der Waals surface area contributed by atoms with Crippen LogP contribution in [0.4, 0.5) is 0 Å². The van der Waals surface area contributed by atoms with Gasteiger partial charge >= 0.3 is 0 Å². The molecule has 26 heavy (non-hydrogen) atoms. The van der Waals surface area contributed by atoms with Crippen molar-refractivity contribution in [2.45, 2.75) is 19.0 Å². The molecule has 0 unspecified atom stereocenters. The SMILES string of the molecule is Cc1cccc(-n2c(C)nnc2SCN2C(=O)c3ccccc3C2=O)c1. The van der Waals surface area contributed by atoms with Crippen molar-refractivity contribution < 1.29 is 9.59 Å². The minimum atomic E-state index is -0.267. The maximum Gasteiger partial charge on any atom is 0.262 e. The van der Waals surface area contributed by atoms with Gasteiger partial charge < -0.3 is 0 Å². The summed E-state index contributed by atoms with van der Waals surface area (Å²) in [6, 6.07) is 14.9. The van der Waals surface area contributed by atoms with Gasteiger partial charge in [0.05, 0.1) is 17.0 Å².